The maximum absolute atomic E-state index is 12.3. The van der Waals surface area contributed by atoms with Gasteiger partial charge in [0.25, 0.3) is 5.91 Å². The van der Waals surface area contributed by atoms with E-state index in [-0.39, 0.29) is 17.9 Å². The molecule has 0 aliphatic heterocycles. The summed E-state index contributed by atoms with van der Waals surface area (Å²) in [4.78, 5) is 22.7. The Morgan fingerprint density at radius 1 is 1.19 bits per heavy atom. The fourth-order valence-electron chi connectivity index (χ4n) is 1.91. The molecule has 2 aromatic rings. The van der Waals surface area contributed by atoms with Crippen molar-refractivity contribution in [2.75, 3.05) is 7.05 Å². The molecule has 21 heavy (non-hydrogen) atoms. The Labute approximate surface area is 124 Å². The molecule has 0 spiro atoms. The van der Waals surface area contributed by atoms with Crippen molar-refractivity contribution in [3.8, 4) is 5.82 Å². The monoisotopic (exact) mass is 287 g/mol. The standard InChI is InChI=1S/C15H21N5O/c1-10(2)13-14(17-7-6-16-13)20-9-12(8-18-20)15(21)19(5)11(3)4/h6-11H,1-5H3. The van der Waals surface area contributed by atoms with Crippen LogP contribution in [0, 0.1) is 0 Å². The fraction of sp³-hybridized carbons (Fsp3) is 0.467. The molecule has 0 saturated heterocycles. The van der Waals surface area contributed by atoms with Crippen molar-refractivity contribution >= 4 is 5.91 Å². The van der Waals surface area contributed by atoms with Crippen LogP contribution in [0.3, 0.4) is 0 Å². The molecule has 0 bridgehead atoms. The van der Waals surface area contributed by atoms with Gasteiger partial charge in [0, 0.05) is 31.7 Å². The number of amides is 1. The largest absolute Gasteiger partial charge is 0.339 e. The van der Waals surface area contributed by atoms with E-state index in [1.165, 1.54) is 0 Å². The zero-order valence-corrected chi connectivity index (χ0v) is 13.1. The van der Waals surface area contributed by atoms with E-state index in [4.69, 9.17) is 0 Å². The molecule has 1 amide bonds. The van der Waals surface area contributed by atoms with Crippen molar-refractivity contribution in [2.24, 2.45) is 0 Å². The number of carbonyl (C=O) groups is 1. The van der Waals surface area contributed by atoms with Gasteiger partial charge in [0.15, 0.2) is 5.82 Å². The lowest BCUT2D eigenvalue weighted by molar-refractivity contribution is 0.0755. The first kappa shape index (κ1) is 15.2. The molecule has 6 nitrogen and oxygen atoms in total. The summed E-state index contributed by atoms with van der Waals surface area (Å²) in [6.45, 7) is 8.05. The second-order valence-electron chi connectivity index (χ2n) is 5.60. The van der Waals surface area contributed by atoms with Crippen molar-refractivity contribution in [3.05, 3.63) is 36.0 Å². The van der Waals surface area contributed by atoms with Crippen LogP contribution in [0.5, 0.6) is 0 Å². The van der Waals surface area contributed by atoms with Crippen molar-refractivity contribution in [2.45, 2.75) is 39.7 Å². The van der Waals surface area contributed by atoms with Gasteiger partial charge in [0.05, 0.1) is 17.5 Å². The number of hydrogen-bond acceptors (Lipinski definition) is 4. The van der Waals surface area contributed by atoms with Gasteiger partial charge >= 0.3 is 0 Å². The van der Waals surface area contributed by atoms with E-state index in [1.807, 2.05) is 13.8 Å². The summed E-state index contributed by atoms with van der Waals surface area (Å²) < 4.78 is 1.61. The van der Waals surface area contributed by atoms with E-state index in [9.17, 15) is 4.79 Å². The maximum Gasteiger partial charge on any atom is 0.257 e. The van der Waals surface area contributed by atoms with Crippen molar-refractivity contribution in [3.63, 3.8) is 0 Å². The molecular weight excluding hydrogens is 266 g/mol. The molecule has 0 N–H and O–H groups in total. The van der Waals surface area contributed by atoms with Gasteiger partial charge < -0.3 is 4.90 Å². The van der Waals surface area contributed by atoms with Gasteiger partial charge in [-0.05, 0) is 19.8 Å². The highest BCUT2D eigenvalue weighted by atomic mass is 16.2. The lowest BCUT2D eigenvalue weighted by Gasteiger charge is -2.20. The Hall–Kier alpha value is -2.24. The first-order valence-electron chi connectivity index (χ1n) is 7.05. The van der Waals surface area contributed by atoms with Crippen LogP contribution in [0.2, 0.25) is 0 Å². The minimum Gasteiger partial charge on any atom is -0.339 e. The van der Waals surface area contributed by atoms with E-state index in [0.717, 1.165) is 5.69 Å². The summed E-state index contributed by atoms with van der Waals surface area (Å²) in [7, 11) is 1.78. The highest BCUT2D eigenvalue weighted by molar-refractivity contribution is 5.93. The molecule has 0 aliphatic carbocycles. The first-order valence-corrected chi connectivity index (χ1v) is 7.05. The summed E-state index contributed by atoms with van der Waals surface area (Å²) in [6.07, 6.45) is 6.57. The molecule has 0 aromatic carbocycles. The van der Waals surface area contributed by atoms with E-state index < -0.39 is 0 Å². The summed E-state index contributed by atoms with van der Waals surface area (Å²) in [5.74, 6) is 0.848. The SMILES string of the molecule is CC(C)c1nccnc1-n1cc(C(=O)N(C)C(C)C)cn1. The third kappa shape index (κ3) is 3.09. The van der Waals surface area contributed by atoms with E-state index in [1.54, 1.807) is 41.4 Å². The number of hydrogen-bond donors (Lipinski definition) is 0. The highest BCUT2D eigenvalue weighted by Gasteiger charge is 2.18. The van der Waals surface area contributed by atoms with E-state index >= 15 is 0 Å². The Bertz CT molecular complexity index is 632. The van der Waals surface area contributed by atoms with E-state index in [0.29, 0.717) is 11.4 Å². The third-order valence-corrected chi connectivity index (χ3v) is 3.39. The van der Waals surface area contributed by atoms with Crippen LogP contribution in [0.1, 0.15) is 49.7 Å². The van der Waals surface area contributed by atoms with E-state index in [2.05, 4.69) is 28.9 Å². The number of aromatic nitrogens is 4. The van der Waals surface area contributed by atoms with Gasteiger partial charge in [-0.25, -0.2) is 9.67 Å². The number of rotatable bonds is 4. The molecule has 2 heterocycles. The van der Waals surface area contributed by atoms with Gasteiger partial charge in [-0.15, -0.1) is 0 Å². The molecule has 0 saturated carbocycles. The Morgan fingerprint density at radius 2 is 1.86 bits per heavy atom. The average molecular weight is 287 g/mol. The van der Waals surface area contributed by atoms with Crippen LogP contribution < -0.4 is 0 Å². The van der Waals surface area contributed by atoms with Crippen LogP contribution >= 0.6 is 0 Å². The zero-order valence-electron chi connectivity index (χ0n) is 13.1. The predicted molar refractivity (Wildman–Crippen MR) is 80.5 cm³/mol. The first-order chi connectivity index (χ1) is 9.91. The zero-order chi connectivity index (χ0) is 15.6. The van der Waals surface area contributed by atoms with Gasteiger partial charge in [0.1, 0.15) is 0 Å². The molecule has 0 aliphatic rings. The molecule has 2 rings (SSSR count). The van der Waals surface area contributed by atoms with Crippen LogP contribution in [0.4, 0.5) is 0 Å². The van der Waals surface area contributed by atoms with Gasteiger partial charge in [-0.1, -0.05) is 13.8 Å². The molecule has 0 radical (unpaired) electrons. The molecule has 112 valence electrons. The van der Waals surface area contributed by atoms with Crippen molar-refractivity contribution in [1.82, 2.24) is 24.6 Å². The smallest absolute Gasteiger partial charge is 0.257 e. The summed E-state index contributed by atoms with van der Waals surface area (Å²) in [6, 6.07) is 0.142. The number of nitrogens with zero attached hydrogens (tertiary/aromatic N) is 5. The fourth-order valence-corrected chi connectivity index (χ4v) is 1.91. The summed E-state index contributed by atoms with van der Waals surface area (Å²) in [5.41, 5.74) is 1.41. The lowest BCUT2D eigenvalue weighted by atomic mass is 10.1. The third-order valence-electron chi connectivity index (χ3n) is 3.39. The predicted octanol–water partition coefficient (Wildman–Crippen LogP) is 2.27. The minimum absolute atomic E-state index is 0.0498. The Kier molecular flexibility index (Phi) is 4.35. The van der Waals surface area contributed by atoms with Gasteiger partial charge in [-0.2, -0.15) is 5.10 Å². The molecule has 6 heteroatoms. The number of carbonyl (C=O) groups excluding carboxylic acids is 1. The highest BCUT2D eigenvalue weighted by Crippen LogP contribution is 2.18. The van der Waals surface area contributed by atoms with Gasteiger partial charge in [0.2, 0.25) is 0 Å². The van der Waals surface area contributed by atoms with Crippen molar-refractivity contribution in [1.29, 1.82) is 0 Å². The van der Waals surface area contributed by atoms with Crippen molar-refractivity contribution < 1.29 is 4.79 Å². The second kappa shape index (κ2) is 6.03. The van der Waals surface area contributed by atoms with Crippen LogP contribution in [0.25, 0.3) is 5.82 Å². The molecular formula is C15H21N5O. The van der Waals surface area contributed by atoms with Gasteiger partial charge in [-0.3, -0.25) is 9.78 Å². The molecule has 0 fully saturated rings. The normalized spacial score (nSPS) is 11.2. The topological polar surface area (TPSA) is 63.9 Å². The summed E-state index contributed by atoms with van der Waals surface area (Å²) in [5, 5.41) is 4.26. The Morgan fingerprint density at radius 3 is 2.48 bits per heavy atom. The molecule has 0 unspecified atom stereocenters. The van der Waals surface area contributed by atoms with Crippen LogP contribution in [-0.4, -0.2) is 43.6 Å². The molecule has 0 atom stereocenters. The quantitative estimate of drug-likeness (QED) is 0.865. The van der Waals surface area contributed by atoms with Crippen LogP contribution in [-0.2, 0) is 0 Å². The average Bonchev–Trinajstić information content (AvgIpc) is 2.95. The maximum atomic E-state index is 12.3. The second-order valence-corrected chi connectivity index (χ2v) is 5.60. The summed E-state index contributed by atoms with van der Waals surface area (Å²) >= 11 is 0. The Balaban J connectivity index is 2.35. The molecule has 2 aromatic heterocycles. The minimum atomic E-state index is -0.0498. The lowest BCUT2D eigenvalue weighted by Crippen LogP contribution is -2.32. The van der Waals surface area contributed by atoms with Crippen LogP contribution in [0.15, 0.2) is 24.8 Å².